The number of hydrogen-bond donors (Lipinski definition) is 1. The van der Waals surface area contributed by atoms with Crippen molar-refractivity contribution in [1.82, 2.24) is 9.88 Å². The van der Waals surface area contributed by atoms with Crippen LogP contribution in [0.4, 0.5) is 11.4 Å². The monoisotopic (exact) mass is 270 g/mol. The Morgan fingerprint density at radius 3 is 2.95 bits per heavy atom. The Labute approximate surface area is 120 Å². The molecule has 1 aliphatic heterocycles. The zero-order valence-electron chi connectivity index (χ0n) is 12.2. The van der Waals surface area contributed by atoms with Gasteiger partial charge in [-0.25, -0.2) is 0 Å². The summed E-state index contributed by atoms with van der Waals surface area (Å²) in [4.78, 5) is 9.36. The summed E-state index contributed by atoms with van der Waals surface area (Å²) in [5, 5.41) is 1.19. The molecule has 1 aromatic carbocycles. The van der Waals surface area contributed by atoms with Crippen LogP contribution < -0.4 is 10.6 Å². The van der Waals surface area contributed by atoms with Crippen molar-refractivity contribution in [2.45, 2.75) is 19.4 Å². The Kier molecular flexibility index (Phi) is 3.49. The molecule has 0 saturated carbocycles. The van der Waals surface area contributed by atoms with Gasteiger partial charge in [0.05, 0.1) is 5.52 Å². The minimum atomic E-state index is 0.505. The average molecular weight is 270 g/mol. The van der Waals surface area contributed by atoms with E-state index < -0.39 is 0 Å². The third-order valence-electron chi connectivity index (χ3n) is 4.10. The minimum Gasteiger partial charge on any atom is -0.399 e. The van der Waals surface area contributed by atoms with Crippen LogP contribution in [0.2, 0.25) is 0 Å². The Hall–Kier alpha value is -1.81. The lowest BCUT2D eigenvalue weighted by Gasteiger charge is -2.31. The van der Waals surface area contributed by atoms with Crippen molar-refractivity contribution >= 4 is 22.3 Å². The Bertz CT molecular complexity index is 610. The van der Waals surface area contributed by atoms with Crippen LogP contribution in [0.15, 0.2) is 30.5 Å². The zero-order chi connectivity index (χ0) is 14.1. The van der Waals surface area contributed by atoms with Crippen LogP contribution in [0.1, 0.15) is 13.3 Å². The molecule has 2 aromatic rings. The number of aromatic nitrogens is 1. The molecule has 1 unspecified atom stereocenters. The van der Waals surface area contributed by atoms with Gasteiger partial charge in [-0.2, -0.15) is 0 Å². The van der Waals surface area contributed by atoms with Gasteiger partial charge in [-0.05, 0) is 51.2 Å². The van der Waals surface area contributed by atoms with E-state index >= 15 is 0 Å². The van der Waals surface area contributed by atoms with Crippen molar-refractivity contribution in [2.75, 3.05) is 37.3 Å². The van der Waals surface area contributed by atoms with Crippen molar-refractivity contribution in [3.63, 3.8) is 0 Å². The summed E-state index contributed by atoms with van der Waals surface area (Å²) >= 11 is 0. The fourth-order valence-corrected chi connectivity index (χ4v) is 3.13. The summed E-state index contributed by atoms with van der Waals surface area (Å²) in [7, 11) is 2.20. The van der Waals surface area contributed by atoms with Crippen LogP contribution in [-0.4, -0.2) is 42.6 Å². The number of benzene rings is 1. The Morgan fingerprint density at radius 1 is 1.25 bits per heavy atom. The molecule has 4 heteroatoms. The highest BCUT2D eigenvalue weighted by Crippen LogP contribution is 2.29. The van der Waals surface area contributed by atoms with Gasteiger partial charge in [-0.1, -0.05) is 0 Å². The number of nitrogens with zero attached hydrogens (tertiary/aromatic N) is 3. The summed E-state index contributed by atoms with van der Waals surface area (Å²) < 4.78 is 0. The van der Waals surface area contributed by atoms with E-state index in [0.29, 0.717) is 6.04 Å². The standard InChI is InChI=1S/C16H22N4/c1-12-11-19(2)8-3-9-20(12)16-6-7-18-15-10-13(17)4-5-14(15)16/h4-7,10,12H,3,8-9,11,17H2,1-2H3. The maximum Gasteiger partial charge on any atom is 0.0743 e. The minimum absolute atomic E-state index is 0.505. The first-order chi connectivity index (χ1) is 9.65. The van der Waals surface area contributed by atoms with Gasteiger partial charge in [-0.15, -0.1) is 0 Å². The molecule has 1 fully saturated rings. The molecule has 0 bridgehead atoms. The highest BCUT2D eigenvalue weighted by molar-refractivity contribution is 5.93. The molecule has 4 nitrogen and oxygen atoms in total. The lowest BCUT2D eigenvalue weighted by molar-refractivity contribution is 0.337. The Morgan fingerprint density at radius 2 is 2.10 bits per heavy atom. The molecular weight excluding hydrogens is 248 g/mol. The number of fused-ring (bicyclic) bond motifs is 1. The van der Waals surface area contributed by atoms with E-state index in [4.69, 9.17) is 5.73 Å². The highest BCUT2D eigenvalue weighted by Gasteiger charge is 2.21. The number of rotatable bonds is 1. The van der Waals surface area contributed by atoms with Crippen LogP contribution in [0.5, 0.6) is 0 Å². The van der Waals surface area contributed by atoms with E-state index in [2.05, 4.69) is 40.9 Å². The second-order valence-electron chi connectivity index (χ2n) is 5.76. The first kappa shape index (κ1) is 13.2. The van der Waals surface area contributed by atoms with Crippen LogP contribution >= 0.6 is 0 Å². The molecule has 0 aliphatic carbocycles. The van der Waals surface area contributed by atoms with Crippen LogP contribution in [-0.2, 0) is 0 Å². The molecule has 0 spiro atoms. The lowest BCUT2D eigenvalue weighted by atomic mass is 10.1. The summed E-state index contributed by atoms with van der Waals surface area (Å²) in [5.74, 6) is 0. The number of nitrogen functional groups attached to an aromatic ring is 1. The molecule has 1 aromatic heterocycles. The van der Waals surface area contributed by atoms with Crippen molar-refractivity contribution in [2.24, 2.45) is 0 Å². The fourth-order valence-electron chi connectivity index (χ4n) is 3.13. The molecule has 0 radical (unpaired) electrons. The molecule has 2 N–H and O–H groups in total. The molecule has 2 heterocycles. The highest BCUT2D eigenvalue weighted by atomic mass is 15.2. The normalized spacial score (nSPS) is 21.1. The van der Waals surface area contributed by atoms with Gasteiger partial charge in [0.25, 0.3) is 0 Å². The summed E-state index contributed by atoms with van der Waals surface area (Å²) in [5.41, 5.74) is 8.89. The summed E-state index contributed by atoms with van der Waals surface area (Å²) in [6.45, 7) is 5.65. The number of likely N-dealkylation sites (N-methyl/N-ethyl adjacent to an activating group) is 1. The van der Waals surface area contributed by atoms with Crippen molar-refractivity contribution < 1.29 is 0 Å². The van der Waals surface area contributed by atoms with Gasteiger partial charge in [0.15, 0.2) is 0 Å². The quantitative estimate of drug-likeness (QED) is 0.808. The Balaban J connectivity index is 2.04. The van der Waals surface area contributed by atoms with Crippen molar-refractivity contribution in [1.29, 1.82) is 0 Å². The van der Waals surface area contributed by atoms with E-state index in [1.807, 2.05) is 18.3 Å². The zero-order valence-corrected chi connectivity index (χ0v) is 12.2. The average Bonchev–Trinajstić information content (AvgIpc) is 2.58. The largest absolute Gasteiger partial charge is 0.399 e. The predicted octanol–water partition coefficient (Wildman–Crippen LogP) is 2.35. The number of hydrogen-bond acceptors (Lipinski definition) is 4. The van der Waals surface area contributed by atoms with E-state index in [9.17, 15) is 0 Å². The van der Waals surface area contributed by atoms with Gasteiger partial charge in [0.2, 0.25) is 0 Å². The maximum atomic E-state index is 5.86. The van der Waals surface area contributed by atoms with Gasteiger partial charge < -0.3 is 15.5 Å². The molecule has 1 saturated heterocycles. The van der Waals surface area contributed by atoms with Crippen molar-refractivity contribution in [3.8, 4) is 0 Å². The van der Waals surface area contributed by atoms with Gasteiger partial charge in [-0.3, -0.25) is 4.98 Å². The molecule has 20 heavy (non-hydrogen) atoms. The molecular formula is C16H22N4. The molecule has 3 rings (SSSR count). The van der Waals surface area contributed by atoms with Crippen LogP contribution in [0.3, 0.4) is 0 Å². The summed E-state index contributed by atoms with van der Waals surface area (Å²) in [6, 6.07) is 8.63. The smallest absolute Gasteiger partial charge is 0.0743 e. The van der Waals surface area contributed by atoms with Gasteiger partial charge >= 0.3 is 0 Å². The third-order valence-corrected chi connectivity index (χ3v) is 4.10. The van der Waals surface area contributed by atoms with E-state index in [0.717, 1.165) is 30.8 Å². The van der Waals surface area contributed by atoms with E-state index in [1.54, 1.807) is 0 Å². The van der Waals surface area contributed by atoms with Crippen molar-refractivity contribution in [3.05, 3.63) is 30.5 Å². The first-order valence-corrected chi connectivity index (χ1v) is 7.24. The number of anilines is 2. The molecule has 0 amide bonds. The molecule has 1 atom stereocenters. The topological polar surface area (TPSA) is 45.4 Å². The van der Waals surface area contributed by atoms with Gasteiger partial charge in [0, 0.05) is 42.1 Å². The maximum absolute atomic E-state index is 5.86. The first-order valence-electron chi connectivity index (χ1n) is 7.24. The van der Waals surface area contributed by atoms with Crippen LogP contribution in [0, 0.1) is 0 Å². The second kappa shape index (κ2) is 5.29. The predicted molar refractivity (Wildman–Crippen MR) is 85.1 cm³/mol. The number of pyridine rings is 1. The van der Waals surface area contributed by atoms with Gasteiger partial charge in [0.1, 0.15) is 0 Å². The van der Waals surface area contributed by atoms with E-state index in [-0.39, 0.29) is 0 Å². The van der Waals surface area contributed by atoms with E-state index in [1.165, 1.54) is 17.5 Å². The fraction of sp³-hybridized carbons (Fsp3) is 0.438. The third kappa shape index (κ3) is 2.43. The second-order valence-corrected chi connectivity index (χ2v) is 5.76. The molecule has 106 valence electrons. The summed E-state index contributed by atoms with van der Waals surface area (Å²) in [6.07, 6.45) is 3.08. The number of nitrogens with two attached hydrogens (primary N) is 1. The molecule has 1 aliphatic rings. The lowest BCUT2D eigenvalue weighted by Crippen LogP contribution is -2.38. The van der Waals surface area contributed by atoms with Crippen LogP contribution in [0.25, 0.3) is 10.9 Å². The SMILES string of the molecule is CC1CN(C)CCCN1c1ccnc2cc(N)ccc12.